The molecule has 0 bridgehead atoms. The van der Waals surface area contributed by atoms with E-state index in [1.165, 1.54) is 0 Å². The van der Waals surface area contributed by atoms with Gasteiger partial charge in [0.2, 0.25) is 0 Å². The fraction of sp³-hybridized carbons (Fsp3) is 1.00. The van der Waals surface area contributed by atoms with Gasteiger partial charge in [0.05, 0.1) is 0 Å². The van der Waals surface area contributed by atoms with Crippen LogP contribution in [0.25, 0.3) is 0 Å². The van der Waals surface area contributed by atoms with Crippen molar-refractivity contribution >= 4 is 0 Å². The van der Waals surface area contributed by atoms with Crippen LogP contribution in [0, 0.1) is 0 Å². The van der Waals surface area contributed by atoms with Gasteiger partial charge in [-0.1, -0.05) is 19.3 Å². The number of aliphatic hydroxyl groups is 1. The first-order chi connectivity index (χ1) is 6.81. The van der Waals surface area contributed by atoms with Crippen LogP contribution in [0.4, 0.5) is 22.0 Å². The first-order valence-electron chi connectivity index (χ1n) is 4.86. The minimum Gasteiger partial charge on any atom is -0.396 e. The molecule has 0 aromatic heterocycles. The molecule has 0 aliphatic carbocycles. The van der Waals surface area contributed by atoms with Crippen molar-refractivity contribution in [3.63, 3.8) is 0 Å². The Balaban J connectivity index is 3.58. The molecule has 0 atom stereocenters. The molecule has 15 heavy (non-hydrogen) atoms. The van der Waals surface area contributed by atoms with Crippen molar-refractivity contribution in [3.05, 3.63) is 0 Å². The van der Waals surface area contributed by atoms with E-state index in [0.29, 0.717) is 25.7 Å². The molecule has 0 heterocycles. The highest BCUT2D eigenvalue weighted by Crippen LogP contribution is 2.39. The van der Waals surface area contributed by atoms with Crippen molar-refractivity contribution in [3.8, 4) is 0 Å². The predicted octanol–water partition coefficient (Wildman–Crippen LogP) is 3.52. The summed E-state index contributed by atoms with van der Waals surface area (Å²) in [6.07, 6.45) is -4.57. The molecule has 6 heteroatoms. The van der Waals surface area contributed by atoms with Crippen molar-refractivity contribution in [2.75, 3.05) is 6.61 Å². The average molecular weight is 234 g/mol. The smallest absolute Gasteiger partial charge is 0.396 e. The van der Waals surface area contributed by atoms with E-state index in [4.69, 9.17) is 5.11 Å². The summed E-state index contributed by atoms with van der Waals surface area (Å²) in [6, 6.07) is 0. The van der Waals surface area contributed by atoms with E-state index in [1.54, 1.807) is 0 Å². The Labute approximate surface area is 85.3 Å². The fourth-order valence-electron chi connectivity index (χ4n) is 1.13. The highest BCUT2D eigenvalue weighted by molar-refractivity contribution is 4.75. The summed E-state index contributed by atoms with van der Waals surface area (Å²) in [6.45, 7) is 0.0265. The zero-order chi connectivity index (χ0) is 11.9. The summed E-state index contributed by atoms with van der Waals surface area (Å²) in [4.78, 5) is 0. The summed E-state index contributed by atoms with van der Waals surface area (Å²) in [5.41, 5.74) is 0. The lowest BCUT2D eigenvalue weighted by molar-refractivity contribution is -0.284. The van der Waals surface area contributed by atoms with Crippen LogP contribution in [0.15, 0.2) is 0 Å². The van der Waals surface area contributed by atoms with Crippen molar-refractivity contribution in [1.82, 2.24) is 0 Å². The van der Waals surface area contributed by atoms with E-state index in [0.717, 1.165) is 0 Å². The number of rotatable bonds is 7. The van der Waals surface area contributed by atoms with Crippen molar-refractivity contribution < 1.29 is 27.1 Å². The Hall–Kier alpha value is -0.390. The summed E-state index contributed by atoms with van der Waals surface area (Å²) in [5.74, 6) is -4.57. The molecule has 0 aliphatic heterocycles. The summed E-state index contributed by atoms with van der Waals surface area (Å²) < 4.78 is 59.7. The van der Waals surface area contributed by atoms with E-state index in [2.05, 4.69) is 0 Å². The minimum atomic E-state index is -5.43. The Morgan fingerprint density at radius 3 is 1.67 bits per heavy atom. The molecular formula is C9H15F5O. The highest BCUT2D eigenvalue weighted by Gasteiger charge is 2.56. The maximum absolute atomic E-state index is 12.3. The molecule has 0 saturated carbocycles. The van der Waals surface area contributed by atoms with Crippen molar-refractivity contribution in [2.45, 2.75) is 50.6 Å². The zero-order valence-electron chi connectivity index (χ0n) is 8.29. The molecule has 0 saturated heterocycles. The molecule has 0 aromatic carbocycles. The quantitative estimate of drug-likeness (QED) is 0.528. The second-order valence-corrected chi connectivity index (χ2v) is 3.44. The van der Waals surface area contributed by atoms with E-state index in [1.807, 2.05) is 0 Å². The molecule has 92 valence electrons. The first kappa shape index (κ1) is 14.6. The van der Waals surface area contributed by atoms with Crippen LogP contribution in [0.1, 0.15) is 38.5 Å². The lowest BCUT2D eigenvalue weighted by Crippen LogP contribution is -2.36. The molecule has 0 spiro atoms. The van der Waals surface area contributed by atoms with Gasteiger partial charge < -0.3 is 5.11 Å². The fourth-order valence-corrected chi connectivity index (χ4v) is 1.13. The Bertz CT molecular complexity index is 166. The van der Waals surface area contributed by atoms with Gasteiger partial charge in [-0.15, -0.1) is 0 Å². The summed E-state index contributed by atoms with van der Waals surface area (Å²) in [5, 5.41) is 8.39. The first-order valence-corrected chi connectivity index (χ1v) is 4.86. The van der Waals surface area contributed by atoms with Gasteiger partial charge in [0.15, 0.2) is 0 Å². The third-order valence-corrected chi connectivity index (χ3v) is 2.06. The number of alkyl halides is 5. The van der Waals surface area contributed by atoms with Gasteiger partial charge in [-0.05, 0) is 12.8 Å². The maximum atomic E-state index is 12.3. The number of aliphatic hydroxyl groups excluding tert-OH is 1. The molecule has 1 N–H and O–H groups in total. The van der Waals surface area contributed by atoms with Crippen LogP contribution >= 0.6 is 0 Å². The average Bonchev–Trinajstić information content (AvgIpc) is 2.09. The molecular weight excluding hydrogens is 219 g/mol. The molecule has 0 unspecified atom stereocenters. The Morgan fingerprint density at radius 2 is 1.20 bits per heavy atom. The highest BCUT2D eigenvalue weighted by atomic mass is 19.4. The number of hydrogen-bond acceptors (Lipinski definition) is 1. The summed E-state index contributed by atoms with van der Waals surface area (Å²) >= 11 is 0. The zero-order valence-corrected chi connectivity index (χ0v) is 8.29. The molecule has 1 nitrogen and oxygen atoms in total. The van der Waals surface area contributed by atoms with Crippen LogP contribution in [0.5, 0.6) is 0 Å². The normalized spacial score (nSPS) is 13.2. The summed E-state index contributed by atoms with van der Waals surface area (Å²) in [7, 11) is 0. The van der Waals surface area contributed by atoms with Gasteiger partial charge in [0, 0.05) is 13.0 Å². The van der Waals surface area contributed by atoms with Gasteiger partial charge in [-0.3, -0.25) is 0 Å². The number of hydrogen-bond donors (Lipinski definition) is 1. The van der Waals surface area contributed by atoms with Crippen LogP contribution in [0.2, 0.25) is 0 Å². The topological polar surface area (TPSA) is 20.2 Å². The van der Waals surface area contributed by atoms with E-state index < -0.39 is 18.5 Å². The van der Waals surface area contributed by atoms with Crippen LogP contribution in [-0.2, 0) is 0 Å². The third kappa shape index (κ3) is 5.92. The van der Waals surface area contributed by atoms with Crippen molar-refractivity contribution in [2.24, 2.45) is 0 Å². The lowest BCUT2D eigenvalue weighted by Gasteiger charge is -2.19. The van der Waals surface area contributed by atoms with E-state index >= 15 is 0 Å². The SMILES string of the molecule is OCCCCCCCC(F)(F)C(F)(F)F. The van der Waals surface area contributed by atoms with Crippen LogP contribution in [-0.4, -0.2) is 23.8 Å². The monoisotopic (exact) mass is 234 g/mol. The van der Waals surface area contributed by atoms with Gasteiger partial charge in [0.25, 0.3) is 0 Å². The molecule has 0 fully saturated rings. The van der Waals surface area contributed by atoms with Crippen molar-refractivity contribution in [1.29, 1.82) is 0 Å². The molecule has 0 aromatic rings. The number of halogens is 5. The standard InChI is InChI=1S/C9H15F5O/c10-8(11,9(12,13)14)6-4-2-1-3-5-7-15/h15H,1-7H2. The Morgan fingerprint density at radius 1 is 0.733 bits per heavy atom. The number of unbranched alkanes of at least 4 members (excludes halogenated alkanes) is 4. The minimum absolute atomic E-state index is 0.0265. The van der Waals surface area contributed by atoms with E-state index in [9.17, 15) is 22.0 Å². The second-order valence-electron chi connectivity index (χ2n) is 3.44. The van der Waals surface area contributed by atoms with Gasteiger partial charge in [-0.25, -0.2) is 0 Å². The van der Waals surface area contributed by atoms with Crippen LogP contribution < -0.4 is 0 Å². The molecule has 0 rings (SSSR count). The third-order valence-electron chi connectivity index (χ3n) is 2.06. The van der Waals surface area contributed by atoms with Gasteiger partial charge >= 0.3 is 12.1 Å². The molecule has 0 radical (unpaired) electrons. The van der Waals surface area contributed by atoms with Crippen LogP contribution in [0.3, 0.4) is 0 Å². The predicted molar refractivity (Wildman–Crippen MR) is 45.8 cm³/mol. The van der Waals surface area contributed by atoms with Gasteiger partial charge in [0.1, 0.15) is 0 Å². The maximum Gasteiger partial charge on any atom is 0.453 e. The molecule has 0 aliphatic rings. The molecule has 0 amide bonds. The van der Waals surface area contributed by atoms with E-state index in [-0.39, 0.29) is 13.0 Å². The second kappa shape index (κ2) is 6.25. The Kier molecular flexibility index (Phi) is 6.09. The van der Waals surface area contributed by atoms with Gasteiger partial charge in [-0.2, -0.15) is 22.0 Å². The lowest BCUT2D eigenvalue weighted by atomic mass is 10.1. The largest absolute Gasteiger partial charge is 0.453 e.